The highest BCUT2D eigenvalue weighted by atomic mass is 32.2. The monoisotopic (exact) mass is 252 g/mol. The van der Waals surface area contributed by atoms with Crippen LogP contribution >= 0.6 is 23.9 Å². The van der Waals surface area contributed by atoms with Gasteiger partial charge < -0.3 is 4.74 Å². The summed E-state index contributed by atoms with van der Waals surface area (Å²) in [6.07, 6.45) is 0. The molecule has 0 aromatic heterocycles. The van der Waals surface area contributed by atoms with Crippen LogP contribution in [0, 0.1) is 0 Å². The SMILES string of the molecule is CCN(C)SCCOCCSN(C)CC. The van der Waals surface area contributed by atoms with E-state index in [1.54, 1.807) is 0 Å². The molecule has 15 heavy (non-hydrogen) atoms. The molecule has 0 N–H and O–H groups in total. The lowest BCUT2D eigenvalue weighted by Crippen LogP contribution is -2.13. The molecule has 0 aliphatic rings. The fourth-order valence-corrected chi connectivity index (χ4v) is 2.16. The van der Waals surface area contributed by atoms with Gasteiger partial charge in [-0.15, -0.1) is 0 Å². The van der Waals surface area contributed by atoms with Gasteiger partial charge in [-0.3, -0.25) is 8.61 Å². The first-order chi connectivity index (χ1) is 7.20. The van der Waals surface area contributed by atoms with Crippen molar-refractivity contribution in [2.75, 3.05) is 51.9 Å². The molecular formula is C10H24N2OS2. The van der Waals surface area contributed by atoms with Gasteiger partial charge in [-0.2, -0.15) is 0 Å². The third kappa shape index (κ3) is 10.9. The van der Waals surface area contributed by atoms with E-state index in [-0.39, 0.29) is 0 Å². The molecule has 0 saturated heterocycles. The van der Waals surface area contributed by atoms with Crippen LogP contribution in [-0.2, 0) is 4.74 Å². The summed E-state index contributed by atoms with van der Waals surface area (Å²) in [4.78, 5) is 0. The molecule has 3 nitrogen and oxygen atoms in total. The molecule has 0 rings (SSSR count). The molecular weight excluding hydrogens is 228 g/mol. The van der Waals surface area contributed by atoms with Gasteiger partial charge in [0.05, 0.1) is 13.2 Å². The first-order valence-corrected chi connectivity index (χ1v) is 7.35. The quantitative estimate of drug-likeness (QED) is 0.436. The molecule has 0 fully saturated rings. The van der Waals surface area contributed by atoms with Gasteiger partial charge in [0.15, 0.2) is 0 Å². The second-order valence-electron chi connectivity index (χ2n) is 3.17. The lowest BCUT2D eigenvalue weighted by Gasteiger charge is -2.13. The minimum atomic E-state index is 0.853. The van der Waals surface area contributed by atoms with E-state index < -0.39 is 0 Å². The summed E-state index contributed by atoms with van der Waals surface area (Å²) in [5, 5.41) is 0. The predicted octanol–water partition coefficient (Wildman–Crippen LogP) is 2.20. The Hall–Kier alpha value is 0.580. The Bertz CT molecular complexity index is 125. The lowest BCUT2D eigenvalue weighted by molar-refractivity contribution is 0.166. The van der Waals surface area contributed by atoms with Crippen LogP contribution in [0.25, 0.3) is 0 Å². The van der Waals surface area contributed by atoms with Gasteiger partial charge in [-0.05, 0) is 14.1 Å². The molecule has 0 spiro atoms. The van der Waals surface area contributed by atoms with Crippen LogP contribution in [0.1, 0.15) is 13.8 Å². The van der Waals surface area contributed by atoms with Crippen LogP contribution in [0.2, 0.25) is 0 Å². The van der Waals surface area contributed by atoms with Gasteiger partial charge in [0.25, 0.3) is 0 Å². The summed E-state index contributed by atoms with van der Waals surface area (Å²) >= 11 is 3.67. The maximum atomic E-state index is 5.53. The van der Waals surface area contributed by atoms with Gasteiger partial charge in [-0.25, -0.2) is 0 Å². The van der Waals surface area contributed by atoms with Crippen molar-refractivity contribution in [1.29, 1.82) is 0 Å². The number of ether oxygens (including phenoxy) is 1. The minimum Gasteiger partial charge on any atom is -0.380 e. The maximum absolute atomic E-state index is 5.53. The zero-order valence-electron chi connectivity index (χ0n) is 10.4. The Labute approximate surface area is 103 Å². The fraction of sp³-hybridized carbons (Fsp3) is 1.00. The van der Waals surface area contributed by atoms with Crippen LogP contribution in [0.3, 0.4) is 0 Å². The van der Waals surface area contributed by atoms with Crippen LogP contribution < -0.4 is 0 Å². The number of nitrogens with zero attached hydrogens (tertiary/aromatic N) is 2. The third-order valence-corrected chi connectivity index (χ3v) is 4.07. The molecule has 0 aromatic carbocycles. The Morgan fingerprint density at radius 1 is 0.867 bits per heavy atom. The molecule has 0 aromatic rings. The molecule has 0 unspecified atom stereocenters. The highest BCUT2D eigenvalue weighted by molar-refractivity contribution is 7.97. The van der Waals surface area contributed by atoms with E-state index in [1.807, 2.05) is 23.9 Å². The Morgan fingerprint density at radius 2 is 1.27 bits per heavy atom. The van der Waals surface area contributed by atoms with E-state index in [2.05, 4.69) is 36.6 Å². The highest BCUT2D eigenvalue weighted by Crippen LogP contribution is 2.06. The van der Waals surface area contributed by atoms with Crippen molar-refractivity contribution in [1.82, 2.24) is 8.61 Å². The highest BCUT2D eigenvalue weighted by Gasteiger charge is 1.97. The predicted molar refractivity (Wildman–Crippen MR) is 72.3 cm³/mol. The fourth-order valence-electron chi connectivity index (χ4n) is 0.789. The zero-order valence-corrected chi connectivity index (χ0v) is 12.0. The number of rotatable bonds is 10. The summed E-state index contributed by atoms with van der Waals surface area (Å²) in [6, 6.07) is 0. The van der Waals surface area contributed by atoms with Crippen LogP contribution in [-0.4, -0.2) is 60.5 Å². The van der Waals surface area contributed by atoms with Crippen molar-refractivity contribution in [3.63, 3.8) is 0 Å². The van der Waals surface area contributed by atoms with Crippen molar-refractivity contribution in [3.8, 4) is 0 Å². The molecule has 0 aliphatic heterocycles. The molecule has 0 bridgehead atoms. The van der Waals surface area contributed by atoms with Crippen molar-refractivity contribution < 1.29 is 4.74 Å². The third-order valence-electron chi connectivity index (χ3n) is 1.97. The lowest BCUT2D eigenvalue weighted by atomic mass is 10.8. The molecule has 5 heteroatoms. The zero-order chi connectivity index (χ0) is 11.5. The molecule has 0 radical (unpaired) electrons. The normalized spacial score (nSPS) is 11.6. The van der Waals surface area contributed by atoms with Crippen molar-refractivity contribution in [3.05, 3.63) is 0 Å². The summed E-state index contributed by atoms with van der Waals surface area (Å²) in [5.41, 5.74) is 0. The first-order valence-electron chi connectivity index (χ1n) is 5.46. The van der Waals surface area contributed by atoms with E-state index in [0.29, 0.717) is 0 Å². The van der Waals surface area contributed by atoms with Gasteiger partial charge in [0, 0.05) is 24.6 Å². The van der Waals surface area contributed by atoms with Gasteiger partial charge in [-0.1, -0.05) is 37.7 Å². The van der Waals surface area contributed by atoms with E-state index in [4.69, 9.17) is 4.74 Å². The summed E-state index contributed by atoms with van der Waals surface area (Å²) in [6.45, 7) is 8.19. The van der Waals surface area contributed by atoms with Crippen molar-refractivity contribution in [2.24, 2.45) is 0 Å². The van der Waals surface area contributed by atoms with Gasteiger partial charge >= 0.3 is 0 Å². The molecule has 0 amide bonds. The Morgan fingerprint density at radius 3 is 1.60 bits per heavy atom. The Balaban J connectivity index is 3.05. The van der Waals surface area contributed by atoms with Crippen LogP contribution in [0.4, 0.5) is 0 Å². The standard InChI is InChI=1S/C10H24N2OS2/c1-5-11(3)14-9-7-13-8-10-15-12(4)6-2/h5-10H2,1-4H3. The van der Waals surface area contributed by atoms with Crippen molar-refractivity contribution in [2.45, 2.75) is 13.8 Å². The second kappa shape index (κ2) is 11.1. The summed E-state index contributed by atoms with van der Waals surface area (Å²) in [5.74, 6) is 2.11. The summed E-state index contributed by atoms with van der Waals surface area (Å²) in [7, 11) is 4.22. The first kappa shape index (κ1) is 15.6. The largest absolute Gasteiger partial charge is 0.380 e. The van der Waals surface area contributed by atoms with Crippen LogP contribution in [0.5, 0.6) is 0 Å². The van der Waals surface area contributed by atoms with Crippen LogP contribution in [0.15, 0.2) is 0 Å². The molecule has 92 valence electrons. The maximum Gasteiger partial charge on any atom is 0.0569 e. The van der Waals surface area contributed by atoms with Crippen molar-refractivity contribution >= 4 is 23.9 Å². The number of hydrogen-bond donors (Lipinski definition) is 0. The Kier molecular flexibility index (Phi) is 11.5. The molecule has 0 atom stereocenters. The minimum absolute atomic E-state index is 0.853. The van der Waals surface area contributed by atoms with E-state index in [9.17, 15) is 0 Å². The summed E-state index contributed by atoms with van der Waals surface area (Å²) < 4.78 is 9.98. The van der Waals surface area contributed by atoms with E-state index in [1.165, 1.54) is 0 Å². The van der Waals surface area contributed by atoms with E-state index >= 15 is 0 Å². The smallest absolute Gasteiger partial charge is 0.0569 e. The average molecular weight is 252 g/mol. The second-order valence-corrected chi connectivity index (χ2v) is 5.75. The topological polar surface area (TPSA) is 15.7 Å². The molecule has 0 aliphatic carbocycles. The molecule has 0 heterocycles. The van der Waals surface area contributed by atoms with Gasteiger partial charge in [0.1, 0.15) is 0 Å². The number of hydrogen-bond acceptors (Lipinski definition) is 5. The average Bonchev–Trinajstić information content (AvgIpc) is 2.26. The molecule has 0 saturated carbocycles. The van der Waals surface area contributed by atoms with E-state index in [0.717, 1.165) is 37.8 Å². The van der Waals surface area contributed by atoms with Gasteiger partial charge in [0.2, 0.25) is 0 Å².